The summed E-state index contributed by atoms with van der Waals surface area (Å²) in [6.07, 6.45) is 0.938. The molecule has 4 nitrogen and oxygen atoms in total. The lowest BCUT2D eigenvalue weighted by molar-refractivity contribution is -0.121. The Balaban J connectivity index is 3.88. The van der Waals surface area contributed by atoms with Gasteiger partial charge in [-0.1, -0.05) is 20.3 Å². The van der Waals surface area contributed by atoms with Gasteiger partial charge < -0.3 is 15.8 Å². The first-order valence-corrected chi connectivity index (χ1v) is 4.65. The molecule has 13 heavy (non-hydrogen) atoms. The number of nitrogens with one attached hydrogen (secondary N) is 1. The average Bonchev–Trinajstić information content (AvgIpc) is 2.11. The fraction of sp³-hybridized carbons (Fsp3) is 0.889. The molecule has 0 rings (SSSR count). The van der Waals surface area contributed by atoms with E-state index in [0.29, 0.717) is 13.2 Å². The normalized spacial score (nSPS) is 15.3. The van der Waals surface area contributed by atoms with Crippen LogP contribution >= 0.6 is 0 Å². The summed E-state index contributed by atoms with van der Waals surface area (Å²) < 4.78 is 4.87. The van der Waals surface area contributed by atoms with Gasteiger partial charge in [0, 0.05) is 13.7 Å². The van der Waals surface area contributed by atoms with Gasteiger partial charge in [0.25, 0.3) is 0 Å². The monoisotopic (exact) mass is 188 g/mol. The fourth-order valence-electron chi connectivity index (χ4n) is 1.13. The Bertz CT molecular complexity index is 151. The summed E-state index contributed by atoms with van der Waals surface area (Å²) in [6.45, 7) is 5.31. The SMILES string of the molecule is CCC(C)C(NCCOC)C(N)=O. The standard InChI is InChI=1S/C9H20N2O2/c1-4-7(2)8(9(10)12)11-5-6-13-3/h7-8,11H,4-6H2,1-3H3,(H2,10,12). The molecule has 0 aliphatic rings. The minimum absolute atomic E-state index is 0.236. The smallest absolute Gasteiger partial charge is 0.234 e. The molecular weight excluding hydrogens is 168 g/mol. The molecule has 0 saturated carbocycles. The number of ether oxygens (including phenoxy) is 1. The Labute approximate surface area is 79.8 Å². The maximum absolute atomic E-state index is 11.0. The van der Waals surface area contributed by atoms with E-state index in [1.807, 2.05) is 13.8 Å². The number of rotatable bonds is 7. The Kier molecular flexibility index (Phi) is 6.54. The molecule has 0 saturated heterocycles. The molecule has 78 valence electrons. The predicted octanol–water partition coefficient (Wildman–Crippen LogP) is 0.122. The van der Waals surface area contributed by atoms with Crippen LogP contribution in [0.1, 0.15) is 20.3 Å². The number of hydrogen-bond acceptors (Lipinski definition) is 3. The Morgan fingerprint density at radius 1 is 1.62 bits per heavy atom. The lowest BCUT2D eigenvalue weighted by Crippen LogP contribution is -2.46. The van der Waals surface area contributed by atoms with Gasteiger partial charge in [-0.15, -0.1) is 0 Å². The fourth-order valence-corrected chi connectivity index (χ4v) is 1.13. The van der Waals surface area contributed by atoms with Crippen LogP contribution in [0.25, 0.3) is 0 Å². The quantitative estimate of drug-likeness (QED) is 0.558. The average molecular weight is 188 g/mol. The second kappa shape index (κ2) is 6.86. The van der Waals surface area contributed by atoms with E-state index in [1.54, 1.807) is 7.11 Å². The van der Waals surface area contributed by atoms with Gasteiger partial charge in [-0.2, -0.15) is 0 Å². The lowest BCUT2D eigenvalue weighted by Gasteiger charge is -2.20. The predicted molar refractivity (Wildman–Crippen MR) is 52.3 cm³/mol. The van der Waals surface area contributed by atoms with Crippen LogP contribution in [0.15, 0.2) is 0 Å². The number of amides is 1. The molecule has 0 heterocycles. The molecule has 2 atom stereocenters. The summed E-state index contributed by atoms with van der Waals surface area (Å²) >= 11 is 0. The number of nitrogens with two attached hydrogens (primary N) is 1. The van der Waals surface area contributed by atoms with Crippen molar-refractivity contribution in [3.63, 3.8) is 0 Å². The molecule has 4 heteroatoms. The molecule has 0 aromatic carbocycles. The molecule has 0 fully saturated rings. The van der Waals surface area contributed by atoms with Crippen LogP contribution in [0.4, 0.5) is 0 Å². The van der Waals surface area contributed by atoms with Crippen molar-refractivity contribution in [1.29, 1.82) is 0 Å². The van der Waals surface area contributed by atoms with Gasteiger partial charge >= 0.3 is 0 Å². The highest BCUT2D eigenvalue weighted by Crippen LogP contribution is 2.06. The number of carbonyl (C=O) groups is 1. The second-order valence-electron chi connectivity index (χ2n) is 3.21. The first-order valence-electron chi connectivity index (χ1n) is 4.65. The maximum atomic E-state index is 11.0. The molecule has 2 unspecified atom stereocenters. The van der Waals surface area contributed by atoms with Gasteiger partial charge in [0.1, 0.15) is 0 Å². The Morgan fingerprint density at radius 2 is 2.23 bits per heavy atom. The highest BCUT2D eigenvalue weighted by molar-refractivity contribution is 5.80. The van der Waals surface area contributed by atoms with E-state index in [0.717, 1.165) is 6.42 Å². The van der Waals surface area contributed by atoms with Crippen molar-refractivity contribution in [3.05, 3.63) is 0 Å². The minimum atomic E-state index is -0.287. The molecule has 3 N–H and O–H groups in total. The van der Waals surface area contributed by atoms with Gasteiger partial charge in [0.2, 0.25) is 5.91 Å². The number of carbonyl (C=O) groups excluding carboxylic acids is 1. The summed E-state index contributed by atoms with van der Waals surface area (Å²) in [6, 6.07) is -0.236. The van der Waals surface area contributed by atoms with E-state index >= 15 is 0 Å². The maximum Gasteiger partial charge on any atom is 0.234 e. The summed E-state index contributed by atoms with van der Waals surface area (Å²) in [5.74, 6) is -0.0141. The van der Waals surface area contributed by atoms with Gasteiger partial charge in [-0.3, -0.25) is 4.79 Å². The van der Waals surface area contributed by atoms with Crippen molar-refractivity contribution in [2.45, 2.75) is 26.3 Å². The third-order valence-electron chi connectivity index (χ3n) is 2.19. The Morgan fingerprint density at radius 3 is 2.62 bits per heavy atom. The van der Waals surface area contributed by atoms with Gasteiger partial charge in [0.05, 0.1) is 12.6 Å². The van der Waals surface area contributed by atoms with Crippen molar-refractivity contribution >= 4 is 5.91 Å². The summed E-state index contributed by atoms with van der Waals surface area (Å²) in [5.41, 5.74) is 5.25. The van der Waals surface area contributed by atoms with Crippen LogP contribution < -0.4 is 11.1 Å². The first kappa shape index (κ1) is 12.4. The van der Waals surface area contributed by atoms with E-state index in [1.165, 1.54) is 0 Å². The molecule has 0 aliphatic carbocycles. The molecule has 0 radical (unpaired) electrons. The topological polar surface area (TPSA) is 64.3 Å². The number of primary amides is 1. The highest BCUT2D eigenvalue weighted by atomic mass is 16.5. The van der Waals surface area contributed by atoms with E-state index in [-0.39, 0.29) is 17.9 Å². The van der Waals surface area contributed by atoms with Crippen molar-refractivity contribution in [1.82, 2.24) is 5.32 Å². The van der Waals surface area contributed by atoms with Crippen molar-refractivity contribution < 1.29 is 9.53 Å². The van der Waals surface area contributed by atoms with Gasteiger partial charge in [-0.05, 0) is 5.92 Å². The molecular formula is C9H20N2O2. The van der Waals surface area contributed by atoms with E-state index < -0.39 is 0 Å². The zero-order chi connectivity index (χ0) is 10.3. The second-order valence-corrected chi connectivity index (χ2v) is 3.21. The van der Waals surface area contributed by atoms with E-state index in [9.17, 15) is 4.79 Å². The molecule has 0 aromatic rings. The van der Waals surface area contributed by atoms with E-state index in [2.05, 4.69) is 5.32 Å². The van der Waals surface area contributed by atoms with Crippen LogP contribution in [0.5, 0.6) is 0 Å². The number of hydrogen-bond donors (Lipinski definition) is 2. The summed E-state index contributed by atoms with van der Waals surface area (Å²) in [4.78, 5) is 11.0. The molecule has 1 amide bonds. The van der Waals surface area contributed by atoms with Crippen molar-refractivity contribution in [3.8, 4) is 0 Å². The molecule has 0 bridgehead atoms. The van der Waals surface area contributed by atoms with Gasteiger partial charge in [-0.25, -0.2) is 0 Å². The molecule has 0 aliphatic heterocycles. The zero-order valence-corrected chi connectivity index (χ0v) is 8.67. The lowest BCUT2D eigenvalue weighted by atomic mass is 9.99. The molecule has 0 aromatic heterocycles. The van der Waals surface area contributed by atoms with Crippen molar-refractivity contribution in [2.75, 3.05) is 20.3 Å². The highest BCUT2D eigenvalue weighted by Gasteiger charge is 2.20. The third kappa shape index (κ3) is 4.85. The summed E-state index contributed by atoms with van der Waals surface area (Å²) in [7, 11) is 1.63. The zero-order valence-electron chi connectivity index (χ0n) is 8.67. The van der Waals surface area contributed by atoms with Gasteiger partial charge in [0.15, 0.2) is 0 Å². The largest absolute Gasteiger partial charge is 0.383 e. The number of methoxy groups -OCH3 is 1. The Hall–Kier alpha value is -0.610. The van der Waals surface area contributed by atoms with Crippen LogP contribution in [-0.2, 0) is 9.53 Å². The third-order valence-corrected chi connectivity index (χ3v) is 2.19. The molecule has 0 spiro atoms. The van der Waals surface area contributed by atoms with E-state index in [4.69, 9.17) is 10.5 Å². The van der Waals surface area contributed by atoms with Crippen LogP contribution in [0.2, 0.25) is 0 Å². The minimum Gasteiger partial charge on any atom is -0.383 e. The van der Waals surface area contributed by atoms with Crippen molar-refractivity contribution in [2.24, 2.45) is 11.7 Å². The van der Waals surface area contributed by atoms with Crippen LogP contribution in [0.3, 0.4) is 0 Å². The first-order chi connectivity index (χ1) is 6.13. The van der Waals surface area contributed by atoms with Crippen LogP contribution in [0, 0.1) is 5.92 Å². The van der Waals surface area contributed by atoms with Crippen LogP contribution in [-0.4, -0.2) is 32.2 Å². The summed E-state index contributed by atoms with van der Waals surface area (Å²) in [5, 5.41) is 3.07.